The first kappa shape index (κ1) is 13.3. The number of halogens is 2. The predicted octanol–water partition coefficient (Wildman–Crippen LogP) is 2.28. The maximum absolute atomic E-state index is 13.2. The molecule has 1 aliphatic rings. The average Bonchev–Trinajstić information content (AvgIpc) is 3.06. The summed E-state index contributed by atoms with van der Waals surface area (Å²) in [5, 5.41) is 12.5. The molecule has 1 aliphatic carbocycles. The molecule has 0 radical (unpaired) electrons. The molecule has 3 nitrogen and oxygen atoms in total. The normalized spacial score (nSPS) is 23.6. The van der Waals surface area contributed by atoms with Crippen LogP contribution in [0.1, 0.15) is 25.0 Å². The Labute approximate surface area is 110 Å². The number of benzene rings is 1. The number of carbonyl (C=O) groups is 1. The van der Waals surface area contributed by atoms with E-state index in [1.54, 1.807) is 6.07 Å². The largest absolute Gasteiger partial charge is 0.387 e. The third-order valence-corrected chi connectivity index (χ3v) is 3.55. The van der Waals surface area contributed by atoms with E-state index in [4.69, 9.17) is 11.6 Å². The van der Waals surface area contributed by atoms with Gasteiger partial charge in [0.1, 0.15) is 5.82 Å². The number of nitrogens with one attached hydrogen (secondary N) is 1. The van der Waals surface area contributed by atoms with Gasteiger partial charge in [0.15, 0.2) is 0 Å². The van der Waals surface area contributed by atoms with E-state index in [9.17, 15) is 14.3 Å². The van der Waals surface area contributed by atoms with E-state index >= 15 is 0 Å². The molecule has 2 rings (SSSR count). The second kappa shape index (κ2) is 5.24. The van der Waals surface area contributed by atoms with Crippen molar-refractivity contribution in [1.29, 1.82) is 0 Å². The Hall–Kier alpha value is -1.13. The molecule has 5 heteroatoms. The van der Waals surface area contributed by atoms with Crippen molar-refractivity contribution in [2.45, 2.75) is 19.4 Å². The van der Waals surface area contributed by atoms with Crippen LogP contribution in [-0.2, 0) is 4.79 Å². The first-order chi connectivity index (χ1) is 8.49. The molecule has 1 saturated carbocycles. The van der Waals surface area contributed by atoms with E-state index in [0.29, 0.717) is 11.5 Å². The topological polar surface area (TPSA) is 49.3 Å². The van der Waals surface area contributed by atoms with Crippen molar-refractivity contribution < 1.29 is 14.3 Å². The molecule has 3 atom stereocenters. The summed E-state index contributed by atoms with van der Waals surface area (Å²) in [7, 11) is 0. The predicted molar refractivity (Wildman–Crippen MR) is 66.7 cm³/mol. The van der Waals surface area contributed by atoms with Gasteiger partial charge in [-0.3, -0.25) is 4.79 Å². The molecular weight excluding hydrogens is 257 g/mol. The van der Waals surface area contributed by atoms with Gasteiger partial charge in [-0.2, -0.15) is 0 Å². The van der Waals surface area contributed by atoms with Crippen LogP contribution in [0, 0.1) is 17.7 Å². The highest BCUT2D eigenvalue weighted by atomic mass is 35.5. The van der Waals surface area contributed by atoms with Gasteiger partial charge in [-0.25, -0.2) is 4.39 Å². The van der Waals surface area contributed by atoms with Gasteiger partial charge < -0.3 is 10.4 Å². The van der Waals surface area contributed by atoms with E-state index in [2.05, 4.69) is 5.32 Å². The lowest BCUT2D eigenvalue weighted by atomic mass is 10.1. The quantitative estimate of drug-likeness (QED) is 0.883. The van der Waals surface area contributed by atoms with E-state index in [1.165, 1.54) is 12.1 Å². The molecule has 98 valence electrons. The van der Waals surface area contributed by atoms with Gasteiger partial charge in [-0.15, -0.1) is 0 Å². The standard InChI is InChI=1S/C13H15ClFNO2/c1-7-4-9(7)13(18)16-6-12(17)8-2-3-10(14)11(15)5-8/h2-3,5,7,9,12,17H,4,6H2,1H3,(H,16,18). The van der Waals surface area contributed by atoms with Crippen molar-refractivity contribution in [3.8, 4) is 0 Å². The fourth-order valence-corrected chi connectivity index (χ4v) is 1.97. The highest BCUT2D eigenvalue weighted by molar-refractivity contribution is 6.30. The molecule has 0 spiro atoms. The Balaban J connectivity index is 1.89. The lowest BCUT2D eigenvalue weighted by molar-refractivity contribution is -0.123. The first-order valence-corrected chi connectivity index (χ1v) is 6.27. The summed E-state index contributed by atoms with van der Waals surface area (Å²) in [6.45, 7) is 2.10. The molecule has 1 amide bonds. The van der Waals surface area contributed by atoms with E-state index in [-0.39, 0.29) is 23.4 Å². The van der Waals surface area contributed by atoms with Gasteiger partial charge in [0.25, 0.3) is 0 Å². The third-order valence-electron chi connectivity index (χ3n) is 3.24. The van der Waals surface area contributed by atoms with Crippen LogP contribution < -0.4 is 5.32 Å². The smallest absolute Gasteiger partial charge is 0.223 e. The van der Waals surface area contributed by atoms with Crippen LogP contribution >= 0.6 is 11.6 Å². The van der Waals surface area contributed by atoms with Crippen LogP contribution in [0.3, 0.4) is 0 Å². The van der Waals surface area contributed by atoms with Gasteiger partial charge in [-0.1, -0.05) is 24.6 Å². The molecule has 3 unspecified atom stereocenters. The molecule has 18 heavy (non-hydrogen) atoms. The second-order valence-corrected chi connectivity index (χ2v) is 5.16. The Kier molecular flexibility index (Phi) is 3.88. The SMILES string of the molecule is CC1CC1C(=O)NCC(O)c1ccc(Cl)c(F)c1. The van der Waals surface area contributed by atoms with Crippen molar-refractivity contribution in [3.63, 3.8) is 0 Å². The van der Waals surface area contributed by atoms with Crippen LogP contribution in [0.25, 0.3) is 0 Å². The molecule has 0 heterocycles. The fraction of sp³-hybridized carbons (Fsp3) is 0.462. The number of hydrogen-bond acceptors (Lipinski definition) is 2. The number of aliphatic hydroxyl groups excluding tert-OH is 1. The Morgan fingerprint density at radius 2 is 2.33 bits per heavy atom. The molecule has 1 fully saturated rings. The number of rotatable bonds is 4. The maximum atomic E-state index is 13.2. The summed E-state index contributed by atoms with van der Waals surface area (Å²) in [5.41, 5.74) is 0.404. The van der Waals surface area contributed by atoms with E-state index < -0.39 is 11.9 Å². The van der Waals surface area contributed by atoms with Crippen molar-refractivity contribution in [1.82, 2.24) is 5.32 Å². The van der Waals surface area contributed by atoms with E-state index in [0.717, 1.165) is 6.42 Å². The van der Waals surface area contributed by atoms with Gasteiger partial charge in [0.05, 0.1) is 11.1 Å². The molecule has 2 N–H and O–H groups in total. The van der Waals surface area contributed by atoms with Crippen molar-refractivity contribution in [2.75, 3.05) is 6.54 Å². The lowest BCUT2D eigenvalue weighted by Gasteiger charge is -2.12. The summed E-state index contributed by atoms with van der Waals surface area (Å²) >= 11 is 5.55. The first-order valence-electron chi connectivity index (χ1n) is 5.89. The summed E-state index contributed by atoms with van der Waals surface area (Å²) in [6, 6.07) is 4.11. The average molecular weight is 272 g/mol. The van der Waals surface area contributed by atoms with Crippen LogP contribution in [0.4, 0.5) is 4.39 Å². The van der Waals surface area contributed by atoms with Crippen molar-refractivity contribution in [2.24, 2.45) is 11.8 Å². The van der Waals surface area contributed by atoms with Gasteiger partial charge in [0, 0.05) is 12.5 Å². The fourth-order valence-electron chi connectivity index (χ4n) is 1.85. The molecule has 1 aromatic carbocycles. The number of amides is 1. The van der Waals surface area contributed by atoms with Gasteiger partial charge >= 0.3 is 0 Å². The summed E-state index contributed by atoms with van der Waals surface area (Å²) in [6.07, 6.45) is -0.0212. The van der Waals surface area contributed by atoms with Crippen molar-refractivity contribution >= 4 is 17.5 Å². The minimum atomic E-state index is -0.922. The van der Waals surface area contributed by atoms with Gasteiger partial charge in [-0.05, 0) is 30.0 Å². The number of carbonyl (C=O) groups excluding carboxylic acids is 1. The van der Waals surface area contributed by atoms with Crippen LogP contribution in [-0.4, -0.2) is 17.6 Å². The lowest BCUT2D eigenvalue weighted by Crippen LogP contribution is -2.30. The zero-order valence-corrected chi connectivity index (χ0v) is 10.7. The van der Waals surface area contributed by atoms with E-state index in [1.807, 2.05) is 6.92 Å². The summed E-state index contributed by atoms with van der Waals surface area (Å²) in [5.74, 6) is -0.124. The third kappa shape index (κ3) is 3.00. The van der Waals surface area contributed by atoms with Crippen LogP contribution in [0.5, 0.6) is 0 Å². The highest BCUT2D eigenvalue weighted by Gasteiger charge is 2.38. The van der Waals surface area contributed by atoms with Crippen molar-refractivity contribution in [3.05, 3.63) is 34.6 Å². The van der Waals surface area contributed by atoms with Gasteiger partial charge in [0.2, 0.25) is 5.91 Å². The molecule has 0 aliphatic heterocycles. The monoisotopic (exact) mass is 271 g/mol. The molecular formula is C13H15ClFNO2. The minimum absolute atomic E-state index is 0.0155. The Morgan fingerprint density at radius 1 is 1.67 bits per heavy atom. The Morgan fingerprint density at radius 3 is 2.89 bits per heavy atom. The number of aliphatic hydroxyl groups is 1. The number of hydrogen-bond donors (Lipinski definition) is 2. The maximum Gasteiger partial charge on any atom is 0.223 e. The molecule has 0 aromatic heterocycles. The Bertz CT molecular complexity index is 466. The zero-order valence-electron chi connectivity index (χ0n) is 9.99. The second-order valence-electron chi connectivity index (χ2n) is 4.75. The minimum Gasteiger partial charge on any atom is -0.387 e. The van der Waals surface area contributed by atoms with Crippen LogP contribution in [0.15, 0.2) is 18.2 Å². The molecule has 0 bridgehead atoms. The molecule has 1 aromatic rings. The highest BCUT2D eigenvalue weighted by Crippen LogP contribution is 2.37. The zero-order chi connectivity index (χ0) is 13.3. The van der Waals surface area contributed by atoms with Crippen LogP contribution in [0.2, 0.25) is 5.02 Å². The molecule has 0 saturated heterocycles. The summed E-state index contributed by atoms with van der Waals surface area (Å²) < 4.78 is 13.2. The summed E-state index contributed by atoms with van der Waals surface area (Å²) in [4.78, 5) is 11.6.